The predicted molar refractivity (Wildman–Crippen MR) is 75.0 cm³/mol. The zero-order valence-electron chi connectivity index (χ0n) is 11.7. The molecule has 1 spiro atoms. The molecule has 1 aliphatic carbocycles. The summed E-state index contributed by atoms with van der Waals surface area (Å²) in [6, 6.07) is 0.683. The van der Waals surface area contributed by atoms with Crippen molar-refractivity contribution in [2.24, 2.45) is 0 Å². The molecule has 1 N–H and O–H groups in total. The highest BCUT2D eigenvalue weighted by Crippen LogP contribution is 2.42. The standard InChI is InChI=1S/C15H25N3O/c1(2-9-18-10-8-16-13-18)7-17-14-4-11-19-15(12-14)5-3-6-15/h8,10,13-14,17H,1-7,9,11-12H2. The van der Waals surface area contributed by atoms with E-state index in [-0.39, 0.29) is 5.60 Å². The first-order valence-electron chi connectivity index (χ1n) is 7.69. The van der Waals surface area contributed by atoms with Gasteiger partial charge in [-0.1, -0.05) is 0 Å². The minimum absolute atomic E-state index is 0.271. The van der Waals surface area contributed by atoms with Crippen LogP contribution in [0.1, 0.15) is 44.9 Å². The van der Waals surface area contributed by atoms with Crippen molar-refractivity contribution in [1.82, 2.24) is 14.9 Å². The first-order chi connectivity index (χ1) is 9.36. The fraction of sp³-hybridized carbons (Fsp3) is 0.800. The number of imidazole rings is 1. The van der Waals surface area contributed by atoms with Crippen molar-refractivity contribution in [2.45, 2.75) is 63.1 Å². The maximum atomic E-state index is 5.96. The van der Waals surface area contributed by atoms with Gasteiger partial charge < -0.3 is 14.6 Å². The third-order valence-electron chi connectivity index (χ3n) is 4.59. The van der Waals surface area contributed by atoms with Crippen molar-refractivity contribution >= 4 is 0 Å². The minimum Gasteiger partial charge on any atom is -0.375 e. The monoisotopic (exact) mass is 263 g/mol. The summed E-state index contributed by atoms with van der Waals surface area (Å²) in [6.07, 6.45) is 14.6. The molecule has 1 aliphatic heterocycles. The smallest absolute Gasteiger partial charge is 0.0945 e. The van der Waals surface area contributed by atoms with Crippen molar-refractivity contribution in [2.75, 3.05) is 13.2 Å². The van der Waals surface area contributed by atoms with Crippen LogP contribution in [0.3, 0.4) is 0 Å². The number of unbranched alkanes of at least 4 members (excludes halogenated alkanes) is 1. The summed E-state index contributed by atoms with van der Waals surface area (Å²) in [5.41, 5.74) is 0.271. The number of aryl methyl sites for hydroxylation is 1. The summed E-state index contributed by atoms with van der Waals surface area (Å²) in [5, 5.41) is 3.72. The summed E-state index contributed by atoms with van der Waals surface area (Å²) in [6.45, 7) is 3.17. The van der Waals surface area contributed by atoms with E-state index in [1.165, 1.54) is 44.9 Å². The molecule has 0 bridgehead atoms. The lowest BCUT2D eigenvalue weighted by Crippen LogP contribution is -2.51. The molecule has 1 saturated carbocycles. The maximum Gasteiger partial charge on any atom is 0.0945 e. The molecule has 2 aliphatic rings. The molecule has 0 amide bonds. The number of hydrogen-bond acceptors (Lipinski definition) is 3. The van der Waals surface area contributed by atoms with Gasteiger partial charge in [-0.3, -0.25) is 0 Å². The van der Waals surface area contributed by atoms with E-state index in [1.807, 2.05) is 18.7 Å². The highest BCUT2D eigenvalue weighted by atomic mass is 16.5. The first kappa shape index (κ1) is 13.1. The van der Waals surface area contributed by atoms with Gasteiger partial charge in [0, 0.05) is 31.6 Å². The molecule has 0 aromatic carbocycles. The Kier molecular flexibility index (Phi) is 4.18. The Hall–Kier alpha value is -0.870. The fourth-order valence-corrected chi connectivity index (χ4v) is 3.27. The van der Waals surface area contributed by atoms with Crippen molar-refractivity contribution in [3.63, 3.8) is 0 Å². The SMILES string of the molecule is c1cn(CCCCNC2CCOC3(CCC3)C2)cn1. The third-order valence-corrected chi connectivity index (χ3v) is 4.59. The molecule has 1 unspecified atom stereocenters. The van der Waals surface area contributed by atoms with Crippen LogP contribution >= 0.6 is 0 Å². The van der Waals surface area contributed by atoms with E-state index in [2.05, 4.69) is 14.9 Å². The molecule has 1 aromatic rings. The summed E-state index contributed by atoms with van der Waals surface area (Å²) >= 11 is 0. The highest BCUT2D eigenvalue weighted by Gasteiger charge is 2.42. The Morgan fingerprint density at radius 3 is 3.05 bits per heavy atom. The van der Waals surface area contributed by atoms with E-state index in [0.717, 1.165) is 19.7 Å². The lowest BCUT2D eigenvalue weighted by Gasteiger charge is -2.47. The van der Waals surface area contributed by atoms with Gasteiger partial charge in [0.05, 0.1) is 11.9 Å². The van der Waals surface area contributed by atoms with E-state index >= 15 is 0 Å². The number of nitrogens with zero attached hydrogens (tertiary/aromatic N) is 2. The lowest BCUT2D eigenvalue weighted by molar-refractivity contribution is -0.135. The molecule has 19 heavy (non-hydrogen) atoms. The molecule has 2 fully saturated rings. The number of hydrogen-bond donors (Lipinski definition) is 1. The van der Waals surface area contributed by atoms with Gasteiger partial charge in [-0.2, -0.15) is 0 Å². The van der Waals surface area contributed by atoms with Gasteiger partial charge in [-0.05, 0) is 51.5 Å². The van der Waals surface area contributed by atoms with Crippen molar-refractivity contribution in [1.29, 1.82) is 0 Å². The van der Waals surface area contributed by atoms with Gasteiger partial charge in [0.1, 0.15) is 0 Å². The van der Waals surface area contributed by atoms with Crippen molar-refractivity contribution in [3.05, 3.63) is 18.7 Å². The average Bonchev–Trinajstić information content (AvgIpc) is 2.90. The lowest BCUT2D eigenvalue weighted by atomic mass is 9.74. The zero-order valence-corrected chi connectivity index (χ0v) is 11.7. The second-order valence-electron chi connectivity index (χ2n) is 6.04. The van der Waals surface area contributed by atoms with Crippen LogP contribution in [0.5, 0.6) is 0 Å². The zero-order chi connectivity index (χ0) is 13.0. The molecule has 1 aromatic heterocycles. The van der Waals surface area contributed by atoms with E-state index in [1.54, 1.807) is 0 Å². The quantitative estimate of drug-likeness (QED) is 0.801. The molecule has 0 radical (unpaired) electrons. The Bertz CT molecular complexity index is 373. The Labute approximate surface area is 115 Å². The van der Waals surface area contributed by atoms with Crippen LogP contribution in [0, 0.1) is 0 Å². The van der Waals surface area contributed by atoms with Crippen LogP contribution in [0.2, 0.25) is 0 Å². The molecule has 106 valence electrons. The third kappa shape index (κ3) is 3.37. The molecular formula is C15H25N3O. The molecule has 4 heteroatoms. The molecule has 1 saturated heterocycles. The van der Waals surface area contributed by atoms with Gasteiger partial charge in [-0.15, -0.1) is 0 Å². The largest absolute Gasteiger partial charge is 0.375 e. The van der Waals surface area contributed by atoms with Crippen molar-refractivity contribution < 1.29 is 4.74 Å². The summed E-state index contributed by atoms with van der Waals surface area (Å²) in [7, 11) is 0. The van der Waals surface area contributed by atoms with Gasteiger partial charge >= 0.3 is 0 Å². The van der Waals surface area contributed by atoms with Gasteiger partial charge in [-0.25, -0.2) is 4.98 Å². The fourth-order valence-electron chi connectivity index (χ4n) is 3.27. The van der Waals surface area contributed by atoms with E-state index in [4.69, 9.17) is 4.74 Å². The van der Waals surface area contributed by atoms with E-state index < -0.39 is 0 Å². The number of rotatable bonds is 6. The normalized spacial score (nSPS) is 25.4. The molecule has 2 heterocycles. The molecule has 1 atom stereocenters. The number of aromatic nitrogens is 2. The predicted octanol–water partition coefficient (Wildman–Crippen LogP) is 2.35. The summed E-state index contributed by atoms with van der Waals surface area (Å²) in [5.74, 6) is 0. The molecule has 3 rings (SSSR count). The van der Waals surface area contributed by atoms with Crippen LogP contribution < -0.4 is 5.32 Å². The van der Waals surface area contributed by atoms with Crippen molar-refractivity contribution in [3.8, 4) is 0 Å². The molecular weight excluding hydrogens is 238 g/mol. The van der Waals surface area contributed by atoms with Crippen LogP contribution in [-0.2, 0) is 11.3 Å². The van der Waals surface area contributed by atoms with Crippen LogP contribution in [0.25, 0.3) is 0 Å². The van der Waals surface area contributed by atoms with Gasteiger partial charge in [0.15, 0.2) is 0 Å². The van der Waals surface area contributed by atoms with Gasteiger partial charge in [0.25, 0.3) is 0 Å². The van der Waals surface area contributed by atoms with Gasteiger partial charge in [0.2, 0.25) is 0 Å². The summed E-state index contributed by atoms with van der Waals surface area (Å²) in [4.78, 5) is 4.06. The Morgan fingerprint density at radius 1 is 1.37 bits per heavy atom. The van der Waals surface area contributed by atoms with Crippen LogP contribution in [0.4, 0.5) is 0 Å². The first-order valence-corrected chi connectivity index (χ1v) is 7.69. The van der Waals surface area contributed by atoms with Crippen LogP contribution in [0.15, 0.2) is 18.7 Å². The number of nitrogens with one attached hydrogen (secondary N) is 1. The Balaban J connectivity index is 1.29. The van der Waals surface area contributed by atoms with E-state index in [9.17, 15) is 0 Å². The summed E-state index contributed by atoms with van der Waals surface area (Å²) < 4.78 is 8.11. The molecule has 4 nitrogen and oxygen atoms in total. The maximum absolute atomic E-state index is 5.96. The van der Waals surface area contributed by atoms with Crippen LogP contribution in [-0.4, -0.2) is 34.3 Å². The topological polar surface area (TPSA) is 39.1 Å². The minimum atomic E-state index is 0.271. The number of ether oxygens (including phenoxy) is 1. The highest BCUT2D eigenvalue weighted by molar-refractivity contribution is 4.95. The second-order valence-corrected chi connectivity index (χ2v) is 6.04. The van der Waals surface area contributed by atoms with E-state index in [0.29, 0.717) is 6.04 Å². The average molecular weight is 263 g/mol. The second kappa shape index (κ2) is 6.06. The Morgan fingerprint density at radius 2 is 2.32 bits per heavy atom.